The number of aryl methyl sites for hydroxylation is 1. The maximum Gasteiger partial charge on any atom is -1.00 e. The van der Waals surface area contributed by atoms with Crippen molar-refractivity contribution >= 4 is 5.78 Å². The number of hydrogen-bond donors (Lipinski definition) is 0. The summed E-state index contributed by atoms with van der Waals surface area (Å²) >= 11 is 1.34. The summed E-state index contributed by atoms with van der Waals surface area (Å²) in [6.07, 6.45) is 1.15. The first-order valence-electron chi connectivity index (χ1n) is 4.13. The van der Waals surface area contributed by atoms with E-state index in [1.807, 2.05) is 24.3 Å². The summed E-state index contributed by atoms with van der Waals surface area (Å²) in [5.74, 6) is 0.145. The minimum absolute atomic E-state index is 0. The zero-order valence-corrected chi connectivity index (χ0v) is 12.8. The van der Waals surface area contributed by atoms with Crippen LogP contribution in [-0.2, 0) is 24.7 Å². The van der Waals surface area contributed by atoms with E-state index in [0.29, 0.717) is 0 Å². The number of Topliss-reactive ketones (excluding diaryl/α,β-unsaturated/α-hetero) is 1. The summed E-state index contributed by atoms with van der Waals surface area (Å²) in [6.45, 7) is 1.60. The predicted molar refractivity (Wildman–Crippen MR) is 45.0 cm³/mol. The van der Waals surface area contributed by atoms with Gasteiger partial charge in [-0.1, -0.05) is 0 Å². The number of carbonyl (C=O) groups excluding carboxylic acids is 1. The first kappa shape index (κ1) is 13.2. The van der Waals surface area contributed by atoms with Crippen LogP contribution >= 0.6 is 0 Å². The Bertz CT molecular complexity index is 269. The van der Waals surface area contributed by atoms with E-state index in [0.717, 1.165) is 12.0 Å². The van der Waals surface area contributed by atoms with Gasteiger partial charge in [-0.3, -0.25) is 0 Å². The minimum atomic E-state index is 0. The third-order valence-corrected chi connectivity index (χ3v) is 2.57. The molecule has 0 amide bonds. The van der Waals surface area contributed by atoms with Crippen molar-refractivity contribution in [2.24, 2.45) is 0 Å². The molecule has 0 heterocycles. The topological polar surface area (TPSA) is 17.1 Å². The molecule has 1 rings (SSSR count). The Labute approximate surface area is 106 Å². The van der Waals surface area contributed by atoms with Crippen LogP contribution in [0.25, 0.3) is 0 Å². The van der Waals surface area contributed by atoms with Gasteiger partial charge in [-0.25, -0.2) is 0 Å². The van der Waals surface area contributed by atoms with Crippen LogP contribution < -0.4 is 24.0 Å². The molecular weight excluding hydrogens is 328 g/mol. The maximum atomic E-state index is 10.9. The summed E-state index contributed by atoms with van der Waals surface area (Å²) in [7, 11) is 0. The summed E-state index contributed by atoms with van der Waals surface area (Å²) in [4.78, 5) is 10.9. The van der Waals surface area contributed by atoms with E-state index < -0.39 is 0 Å². The molecule has 0 fully saturated rings. The standard InChI is InChI=1S/C10H11O.HI.Zn/c1-3-9-4-6-10(7-5-9)8(2)11;;/h4-7H,1,3H2,2H3;1H;/q;;+1/p-1. The van der Waals surface area contributed by atoms with Gasteiger partial charge < -0.3 is 24.0 Å². The third kappa shape index (κ3) is 4.32. The van der Waals surface area contributed by atoms with E-state index in [1.54, 1.807) is 6.92 Å². The van der Waals surface area contributed by atoms with E-state index in [-0.39, 0.29) is 29.8 Å². The molecule has 66 valence electrons. The van der Waals surface area contributed by atoms with Gasteiger partial charge in [0.15, 0.2) is 0 Å². The Morgan fingerprint density at radius 2 is 1.85 bits per heavy atom. The summed E-state index contributed by atoms with van der Waals surface area (Å²) < 4.78 is 0. The molecule has 1 aromatic rings. The Balaban J connectivity index is 0.00000144. The van der Waals surface area contributed by atoms with Gasteiger partial charge >= 0.3 is 82.6 Å². The summed E-state index contributed by atoms with van der Waals surface area (Å²) in [5.41, 5.74) is 2.15. The summed E-state index contributed by atoms with van der Waals surface area (Å²) in [5, 5.41) is 1.28. The van der Waals surface area contributed by atoms with Gasteiger partial charge in [0.25, 0.3) is 0 Å². The molecule has 0 atom stereocenters. The van der Waals surface area contributed by atoms with Crippen LogP contribution in [0.15, 0.2) is 24.3 Å². The molecule has 0 saturated heterocycles. The molecule has 0 bridgehead atoms. The zero-order valence-electron chi connectivity index (χ0n) is 7.72. The maximum absolute atomic E-state index is 10.9. The second-order valence-electron chi connectivity index (χ2n) is 2.86. The van der Waals surface area contributed by atoms with Gasteiger partial charge in [0.1, 0.15) is 0 Å². The number of carbonyl (C=O) groups is 1. The number of benzene rings is 1. The van der Waals surface area contributed by atoms with Crippen LogP contribution in [0.4, 0.5) is 0 Å². The molecule has 0 saturated carbocycles. The minimum Gasteiger partial charge on any atom is -1.00 e. The molecule has 0 aliphatic heterocycles. The first-order chi connectivity index (χ1) is 5.74. The molecule has 0 spiro atoms. The largest absolute Gasteiger partial charge is 1.00 e. The predicted octanol–water partition coefficient (Wildman–Crippen LogP) is -0.599. The van der Waals surface area contributed by atoms with Crippen LogP contribution in [0.5, 0.6) is 0 Å². The number of hydrogen-bond acceptors (Lipinski definition) is 1. The van der Waals surface area contributed by atoms with Crippen LogP contribution in [-0.4, -0.2) is 5.78 Å². The van der Waals surface area contributed by atoms with Gasteiger partial charge in [0, 0.05) is 0 Å². The fourth-order valence-electron chi connectivity index (χ4n) is 1.11. The molecule has 0 aliphatic carbocycles. The molecule has 1 aromatic carbocycles. The monoisotopic (exact) mass is 338 g/mol. The van der Waals surface area contributed by atoms with Crippen molar-refractivity contribution in [2.45, 2.75) is 18.4 Å². The van der Waals surface area contributed by atoms with E-state index in [2.05, 4.69) is 0 Å². The van der Waals surface area contributed by atoms with Crippen molar-refractivity contribution in [3.05, 3.63) is 35.4 Å². The summed E-state index contributed by atoms with van der Waals surface area (Å²) in [6, 6.07) is 7.92. The van der Waals surface area contributed by atoms with Gasteiger partial charge in [0.2, 0.25) is 0 Å². The van der Waals surface area contributed by atoms with Gasteiger partial charge in [-0.05, 0) is 0 Å². The van der Waals surface area contributed by atoms with E-state index in [9.17, 15) is 4.79 Å². The fraction of sp³-hybridized carbons (Fsp3) is 0.300. The molecule has 0 N–H and O–H groups in total. The van der Waals surface area contributed by atoms with Gasteiger partial charge in [-0.2, -0.15) is 0 Å². The van der Waals surface area contributed by atoms with Crippen LogP contribution in [0.3, 0.4) is 0 Å². The van der Waals surface area contributed by atoms with Crippen molar-refractivity contribution in [3.8, 4) is 0 Å². The smallest absolute Gasteiger partial charge is 1.00 e. The van der Waals surface area contributed by atoms with Gasteiger partial charge in [0.05, 0.1) is 0 Å². The average Bonchev–Trinajstić information content (AvgIpc) is 2.06. The van der Waals surface area contributed by atoms with Crippen LogP contribution in [0.1, 0.15) is 22.8 Å². The van der Waals surface area contributed by atoms with Crippen molar-refractivity contribution in [3.63, 3.8) is 0 Å². The molecule has 0 radical (unpaired) electrons. The fourth-order valence-corrected chi connectivity index (χ4v) is 1.97. The second kappa shape index (κ2) is 6.66. The van der Waals surface area contributed by atoms with Gasteiger partial charge in [-0.15, -0.1) is 0 Å². The average molecular weight is 339 g/mol. The van der Waals surface area contributed by atoms with E-state index in [4.69, 9.17) is 0 Å². The molecule has 0 aromatic heterocycles. The van der Waals surface area contributed by atoms with Crippen molar-refractivity contribution in [2.75, 3.05) is 0 Å². The molecule has 3 heteroatoms. The number of ketones is 1. The Morgan fingerprint density at radius 3 is 2.23 bits per heavy atom. The molecule has 0 unspecified atom stereocenters. The molecule has 13 heavy (non-hydrogen) atoms. The van der Waals surface area contributed by atoms with Crippen LogP contribution in [0.2, 0.25) is 5.02 Å². The van der Waals surface area contributed by atoms with E-state index >= 15 is 0 Å². The zero-order chi connectivity index (χ0) is 8.97. The van der Waals surface area contributed by atoms with Crippen molar-refractivity contribution in [1.82, 2.24) is 0 Å². The first-order valence-corrected chi connectivity index (χ1v) is 6.23. The SMILES string of the molecule is CC(=O)c1ccc(C[CH2][Zn+])cc1.[I-]. The Morgan fingerprint density at radius 1 is 1.31 bits per heavy atom. The van der Waals surface area contributed by atoms with Crippen molar-refractivity contribution < 1.29 is 47.1 Å². The molecule has 1 nitrogen and oxygen atoms in total. The van der Waals surface area contributed by atoms with Crippen LogP contribution in [0, 0.1) is 0 Å². The molecular formula is C10H11IOZn. The Hall–Kier alpha value is 0.243. The normalized spacial score (nSPS) is 9.15. The second-order valence-corrected chi connectivity index (χ2v) is 4.34. The molecule has 0 aliphatic rings. The number of rotatable bonds is 3. The third-order valence-electron chi connectivity index (χ3n) is 1.83. The Kier molecular flexibility index (Phi) is 6.79. The van der Waals surface area contributed by atoms with Crippen molar-refractivity contribution in [1.29, 1.82) is 0 Å². The quantitative estimate of drug-likeness (QED) is 0.408. The number of halogens is 1. The van der Waals surface area contributed by atoms with E-state index in [1.165, 1.54) is 28.9 Å².